The standard InChI is InChI=1S/C15H13FN2S2/c16-12-6-10(8-17)5-11(7-12)9-19-15-18-13-3-1-2-4-14(13)20-15/h1-7H,8-9,17H2. The predicted molar refractivity (Wildman–Crippen MR) is 83.5 cm³/mol. The molecule has 5 heteroatoms. The van der Waals surface area contributed by atoms with E-state index in [0.717, 1.165) is 21.0 Å². The molecule has 3 aromatic rings. The lowest BCUT2D eigenvalue weighted by Gasteiger charge is -2.03. The molecule has 1 heterocycles. The molecule has 2 nitrogen and oxygen atoms in total. The average Bonchev–Trinajstić information content (AvgIpc) is 2.87. The summed E-state index contributed by atoms with van der Waals surface area (Å²) in [6.07, 6.45) is 0. The van der Waals surface area contributed by atoms with Gasteiger partial charge in [-0.1, -0.05) is 30.0 Å². The van der Waals surface area contributed by atoms with Gasteiger partial charge in [0.05, 0.1) is 10.2 Å². The predicted octanol–water partition coefficient (Wildman–Crippen LogP) is 4.19. The summed E-state index contributed by atoms with van der Waals surface area (Å²) in [4.78, 5) is 4.56. The summed E-state index contributed by atoms with van der Waals surface area (Å²) in [6, 6.07) is 13.0. The highest BCUT2D eigenvalue weighted by molar-refractivity contribution is 8.00. The van der Waals surface area contributed by atoms with Gasteiger partial charge in [-0.2, -0.15) is 0 Å². The molecule has 2 aromatic carbocycles. The van der Waals surface area contributed by atoms with Crippen molar-refractivity contribution in [2.24, 2.45) is 5.73 Å². The van der Waals surface area contributed by atoms with E-state index in [1.54, 1.807) is 29.2 Å². The maximum absolute atomic E-state index is 13.4. The Morgan fingerprint density at radius 3 is 2.75 bits per heavy atom. The number of aromatic nitrogens is 1. The summed E-state index contributed by atoms with van der Waals surface area (Å²) in [6.45, 7) is 0.358. The Balaban J connectivity index is 1.77. The van der Waals surface area contributed by atoms with E-state index in [1.165, 1.54) is 10.8 Å². The number of benzene rings is 2. The zero-order valence-electron chi connectivity index (χ0n) is 10.7. The Morgan fingerprint density at radius 2 is 1.95 bits per heavy atom. The molecule has 0 unspecified atom stereocenters. The molecule has 0 aliphatic rings. The van der Waals surface area contributed by atoms with Gasteiger partial charge in [-0.05, 0) is 35.4 Å². The molecule has 2 N–H and O–H groups in total. The molecule has 1 aromatic heterocycles. The lowest BCUT2D eigenvalue weighted by atomic mass is 10.1. The number of hydrogen-bond donors (Lipinski definition) is 1. The Hall–Kier alpha value is -1.43. The van der Waals surface area contributed by atoms with Crippen LogP contribution in [-0.2, 0) is 12.3 Å². The number of thiazole rings is 1. The highest BCUT2D eigenvalue weighted by Gasteiger charge is 2.05. The third kappa shape index (κ3) is 3.00. The fourth-order valence-electron chi connectivity index (χ4n) is 1.98. The number of halogens is 1. The van der Waals surface area contributed by atoms with Crippen molar-refractivity contribution < 1.29 is 4.39 Å². The van der Waals surface area contributed by atoms with Gasteiger partial charge in [0.15, 0.2) is 4.34 Å². The van der Waals surface area contributed by atoms with Gasteiger partial charge in [0.2, 0.25) is 0 Å². The molecule has 0 saturated heterocycles. The number of thioether (sulfide) groups is 1. The Kier molecular flexibility index (Phi) is 4.00. The molecule has 0 aliphatic heterocycles. The monoisotopic (exact) mass is 304 g/mol. The van der Waals surface area contributed by atoms with Crippen LogP contribution in [0.4, 0.5) is 4.39 Å². The highest BCUT2D eigenvalue weighted by Crippen LogP contribution is 2.31. The van der Waals surface area contributed by atoms with Crippen LogP contribution in [0.25, 0.3) is 10.2 Å². The molecule has 0 atom stereocenters. The number of rotatable bonds is 4. The fraction of sp³-hybridized carbons (Fsp3) is 0.133. The summed E-state index contributed by atoms with van der Waals surface area (Å²) >= 11 is 3.29. The van der Waals surface area contributed by atoms with E-state index >= 15 is 0 Å². The largest absolute Gasteiger partial charge is 0.326 e. The van der Waals surface area contributed by atoms with Crippen molar-refractivity contribution in [2.45, 2.75) is 16.6 Å². The van der Waals surface area contributed by atoms with E-state index in [1.807, 2.05) is 24.3 Å². The maximum Gasteiger partial charge on any atom is 0.151 e. The van der Waals surface area contributed by atoms with E-state index in [2.05, 4.69) is 11.1 Å². The molecule has 0 radical (unpaired) electrons. The van der Waals surface area contributed by atoms with Crippen molar-refractivity contribution in [1.29, 1.82) is 0 Å². The van der Waals surface area contributed by atoms with Crippen LogP contribution in [0.3, 0.4) is 0 Å². The minimum atomic E-state index is -0.229. The quantitative estimate of drug-likeness (QED) is 0.735. The van der Waals surface area contributed by atoms with Crippen molar-refractivity contribution >= 4 is 33.3 Å². The van der Waals surface area contributed by atoms with Crippen LogP contribution in [0.1, 0.15) is 11.1 Å². The van der Waals surface area contributed by atoms with Crippen LogP contribution < -0.4 is 5.73 Å². The summed E-state index contributed by atoms with van der Waals surface area (Å²) < 4.78 is 15.6. The van der Waals surface area contributed by atoms with Crippen LogP contribution in [0.15, 0.2) is 46.8 Å². The number of fused-ring (bicyclic) bond motifs is 1. The maximum atomic E-state index is 13.4. The molecule has 0 saturated carbocycles. The summed E-state index contributed by atoms with van der Waals surface area (Å²) in [5.74, 6) is 0.470. The van der Waals surface area contributed by atoms with Crippen LogP contribution in [0.5, 0.6) is 0 Å². The molecule has 3 rings (SSSR count). The third-order valence-corrected chi connectivity index (χ3v) is 5.14. The van der Waals surface area contributed by atoms with Gasteiger partial charge in [-0.3, -0.25) is 0 Å². The smallest absolute Gasteiger partial charge is 0.151 e. The highest BCUT2D eigenvalue weighted by atomic mass is 32.2. The first-order chi connectivity index (χ1) is 9.74. The van der Waals surface area contributed by atoms with Gasteiger partial charge >= 0.3 is 0 Å². The second-order valence-corrected chi connectivity index (χ2v) is 6.66. The normalized spacial score (nSPS) is 11.1. The summed E-state index contributed by atoms with van der Waals surface area (Å²) in [5.41, 5.74) is 8.34. The third-order valence-electron chi connectivity index (χ3n) is 2.89. The zero-order valence-corrected chi connectivity index (χ0v) is 12.3. The zero-order chi connectivity index (χ0) is 13.9. The first-order valence-corrected chi connectivity index (χ1v) is 8.01. The van der Waals surface area contributed by atoms with Gasteiger partial charge in [-0.15, -0.1) is 11.3 Å². The molecule has 0 spiro atoms. The number of para-hydroxylation sites is 1. The molecule has 0 aliphatic carbocycles. The summed E-state index contributed by atoms with van der Waals surface area (Å²) in [5, 5.41) is 0. The summed E-state index contributed by atoms with van der Waals surface area (Å²) in [7, 11) is 0. The van der Waals surface area contributed by atoms with Gasteiger partial charge < -0.3 is 5.73 Å². The van der Waals surface area contributed by atoms with Crippen LogP contribution >= 0.6 is 23.1 Å². The molecular weight excluding hydrogens is 291 g/mol. The number of nitrogens with zero attached hydrogens (tertiary/aromatic N) is 1. The first-order valence-electron chi connectivity index (χ1n) is 6.21. The van der Waals surface area contributed by atoms with E-state index in [4.69, 9.17) is 5.73 Å². The second-order valence-electron chi connectivity index (χ2n) is 4.41. The lowest BCUT2D eigenvalue weighted by Crippen LogP contribution is -1.98. The average molecular weight is 304 g/mol. The molecular formula is C15H13FN2S2. The second kappa shape index (κ2) is 5.91. The Bertz CT molecular complexity index is 707. The topological polar surface area (TPSA) is 38.9 Å². The van der Waals surface area contributed by atoms with Crippen molar-refractivity contribution in [3.63, 3.8) is 0 Å². The first kappa shape index (κ1) is 13.5. The minimum Gasteiger partial charge on any atom is -0.326 e. The van der Waals surface area contributed by atoms with Crippen molar-refractivity contribution in [2.75, 3.05) is 0 Å². The molecule has 102 valence electrons. The number of nitrogens with two attached hydrogens (primary N) is 1. The molecule has 0 bridgehead atoms. The van der Waals surface area contributed by atoms with Gasteiger partial charge in [-0.25, -0.2) is 9.37 Å². The van der Waals surface area contributed by atoms with E-state index < -0.39 is 0 Å². The SMILES string of the molecule is NCc1cc(F)cc(CSc2nc3ccccc3s2)c1. The van der Waals surface area contributed by atoms with Crippen molar-refractivity contribution in [3.8, 4) is 0 Å². The molecule has 0 fully saturated rings. The van der Waals surface area contributed by atoms with Crippen LogP contribution in [0.2, 0.25) is 0 Å². The van der Waals surface area contributed by atoms with Crippen molar-refractivity contribution in [1.82, 2.24) is 4.98 Å². The van der Waals surface area contributed by atoms with Gasteiger partial charge in [0.1, 0.15) is 5.82 Å². The number of hydrogen-bond acceptors (Lipinski definition) is 4. The Labute approximate surface area is 124 Å². The van der Waals surface area contributed by atoms with Crippen LogP contribution in [0, 0.1) is 5.82 Å². The van der Waals surface area contributed by atoms with Crippen molar-refractivity contribution in [3.05, 3.63) is 59.4 Å². The van der Waals surface area contributed by atoms with E-state index in [-0.39, 0.29) is 5.82 Å². The minimum absolute atomic E-state index is 0.229. The fourth-order valence-corrected chi connectivity index (χ4v) is 3.97. The van der Waals surface area contributed by atoms with Gasteiger partial charge in [0, 0.05) is 12.3 Å². The van der Waals surface area contributed by atoms with E-state index in [9.17, 15) is 4.39 Å². The van der Waals surface area contributed by atoms with Crippen LogP contribution in [-0.4, -0.2) is 4.98 Å². The molecule has 0 amide bonds. The van der Waals surface area contributed by atoms with E-state index in [0.29, 0.717) is 12.3 Å². The van der Waals surface area contributed by atoms with Gasteiger partial charge in [0.25, 0.3) is 0 Å². The molecule has 20 heavy (non-hydrogen) atoms. The Morgan fingerprint density at radius 1 is 1.15 bits per heavy atom. The lowest BCUT2D eigenvalue weighted by molar-refractivity contribution is 0.624.